The molecule has 1 unspecified atom stereocenters. The summed E-state index contributed by atoms with van der Waals surface area (Å²) in [5.41, 5.74) is 1.24. The van der Waals surface area contributed by atoms with Crippen molar-refractivity contribution in [3.63, 3.8) is 0 Å². The molecule has 5 nitrogen and oxygen atoms in total. The van der Waals surface area contributed by atoms with Gasteiger partial charge >= 0.3 is 0 Å². The molecule has 1 amide bonds. The average Bonchev–Trinajstić information content (AvgIpc) is 3.51. The molecule has 1 atom stereocenters. The van der Waals surface area contributed by atoms with Crippen LogP contribution in [-0.2, 0) is 11.3 Å². The third-order valence-electron chi connectivity index (χ3n) is 5.72. The molecule has 0 aliphatic heterocycles. The van der Waals surface area contributed by atoms with E-state index in [1.54, 1.807) is 0 Å². The van der Waals surface area contributed by atoms with Crippen LogP contribution in [0, 0.1) is 0 Å². The first-order valence-electron chi connectivity index (χ1n) is 10.6. The molecule has 28 heavy (non-hydrogen) atoms. The average molecular weight is 399 g/mol. The van der Waals surface area contributed by atoms with Crippen LogP contribution in [0.2, 0.25) is 0 Å². The third-order valence-corrected chi connectivity index (χ3v) is 6.80. The number of thioether (sulfide) groups is 1. The van der Waals surface area contributed by atoms with E-state index in [2.05, 4.69) is 44.3 Å². The lowest BCUT2D eigenvalue weighted by atomic mass is 10.1. The molecule has 2 saturated carbocycles. The predicted molar refractivity (Wildman–Crippen MR) is 112 cm³/mol. The normalized spacial score (nSPS) is 19.2. The van der Waals surface area contributed by atoms with E-state index in [1.165, 1.54) is 55.9 Å². The molecule has 150 valence electrons. The smallest absolute Gasteiger partial charge is 0.233 e. The van der Waals surface area contributed by atoms with Gasteiger partial charge in [-0.25, -0.2) is 0 Å². The van der Waals surface area contributed by atoms with Crippen LogP contribution in [0.25, 0.3) is 0 Å². The standard InChI is InChI=1S/C22H30N4OS/c1-16(21(27)23-19-11-7-2-3-8-12-19)28-22-25-24-20(18-13-14-18)26(22)15-17-9-5-4-6-10-17/h4-6,9-10,16,18-19H,2-3,7-8,11-15H2,1H3,(H,23,27). The van der Waals surface area contributed by atoms with E-state index in [1.807, 2.05) is 13.0 Å². The lowest BCUT2D eigenvalue weighted by molar-refractivity contribution is -0.121. The Morgan fingerprint density at radius 2 is 1.82 bits per heavy atom. The molecule has 2 aromatic rings. The summed E-state index contributed by atoms with van der Waals surface area (Å²) in [5.74, 6) is 1.72. The first kappa shape index (κ1) is 19.5. The maximum Gasteiger partial charge on any atom is 0.233 e. The van der Waals surface area contributed by atoms with E-state index in [9.17, 15) is 4.79 Å². The summed E-state index contributed by atoms with van der Waals surface area (Å²) in [6, 6.07) is 10.8. The van der Waals surface area contributed by atoms with Crippen LogP contribution in [0.5, 0.6) is 0 Å². The van der Waals surface area contributed by atoms with Crippen LogP contribution in [0.15, 0.2) is 35.5 Å². The predicted octanol–water partition coefficient (Wildman–Crippen LogP) is 4.52. The number of amides is 1. The summed E-state index contributed by atoms with van der Waals surface area (Å²) < 4.78 is 2.22. The van der Waals surface area contributed by atoms with Gasteiger partial charge < -0.3 is 9.88 Å². The molecular formula is C22H30N4OS. The molecule has 1 N–H and O–H groups in total. The number of carbonyl (C=O) groups excluding carboxylic acids is 1. The summed E-state index contributed by atoms with van der Waals surface area (Å²) in [4.78, 5) is 12.8. The second kappa shape index (κ2) is 9.12. The maximum absolute atomic E-state index is 12.8. The van der Waals surface area contributed by atoms with E-state index in [0.717, 1.165) is 30.4 Å². The number of rotatable bonds is 7. The van der Waals surface area contributed by atoms with Gasteiger partial charge in [0, 0.05) is 12.0 Å². The summed E-state index contributed by atoms with van der Waals surface area (Å²) in [7, 11) is 0. The van der Waals surface area contributed by atoms with E-state index in [4.69, 9.17) is 0 Å². The zero-order valence-corrected chi connectivity index (χ0v) is 17.5. The van der Waals surface area contributed by atoms with E-state index in [0.29, 0.717) is 12.0 Å². The van der Waals surface area contributed by atoms with Gasteiger partial charge in [-0.3, -0.25) is 4.79 Å². The van der Waals surface area contributed by atoms with Gasteiger partial charge in [0.05, 0.1) is 11.8 Å². The van der Waals surface area contributed by atoms with E-state index >= 15 is 0 Å². The highest BCUT2D eigenvalue weighted by molar-refractivity contribution is 8.00. The van der Waals surface area contributed by atoms with Gasteiger partial charge in [0.15, 0.2) is 5.16 Å². The summed E-state index contributed by atoms with van der Waals surface area (Å²) >= 11 is 1.53. The Morgan fingerprint density at radius 3 is 2.50 bits per heavy atom. The van der Waals surface area contributed by atoms with Crippen molar-refractivity contribution in [2.24, 2.45) is 0 Å². The second-order valence-electron chi connectivity index (χ2n) is 8.14. The Hall–Kier alpha value is -1.82. The maximum atomic E-state index is 12.8. The Bertz CT molecular complexity index is 779. The Labute approximate surface area is 171 Å². The molecule has 0 spiro atoms. The van der Waals surface area contributed by atoms with Gasteiger partial charge in [-0.1, -0.05) is 67.8 Å². The van der Waals surface area contributed by atoms with Gasteiger partial charge in [0.1, 0.15) is 5.82 Å². The van der Waals surface area contributed by atoms with Gasteiger partial charge in [-0.15, -0.1) is 10.2 Å². The largest absolute Gasteiger partial charge is 0.352 e. The molecule has 1 heterocycles. The van der Waals surface area contributed by atoms with E-state index in [-0.39, 0.29) is 11.2 Å². The minimum atomic E-state index is -0.172. The Balaban J connectivity index is 1.43. The van der Waals surface area contributed by atoms with Gasteiger partial charge in [-0.2, -0.15) is 0 Å². The molecule has 6 heteroatoms. The van der Waals surface area contributed by atoms with Crippen molar-refractivity contribution >= 4 is 17.7 Å². The van der Waals surface area contributed by atoms with Crippen molar-refractivity contribution in [1.29, 1.82) is 0 Å². The molecular weight excluding hydrogens is 368 g/mol. The van der Waals surface area contributed by atoms with Gasteiger partial charge in [0.2, 0.25) is 5.91 Å². The summed E-state index contributed by atoms with van der Waals surface area (Å²) in [6.45, 7) is 2.74. The van der Waals surface area contributed by atoms with Gasteiger partial charge in [-0.05, 0) is 38.2 Å². The molecule has 0 saturated heterocycles. The molecule has 1 aromatic carbocycles. The lowest BCUT2D eigenvalue weighted by Crippen LogP contribution is -2.39. The second-order valence-corrected chi connectivity index (χ2v) is 9.45. The quantitative estimate of drug-likeness (QED) is 0.550. The van der Waals surface area contributed by atoms with Crippen molar-refractivity contribution in [2.75, 3.05) is 0 Å². The number of benzene rings is 1. The zero-order valence-electron chi connectivity index (χ0n) is 16.6. The van der Waals surface area contributed by atoms with Crippen LogP contribution in [0.1, 0.15) is 75.6 Å². The molecule has 4 rings (SSSR count). The molecule has 0 radical (unpaired) electrons. The van der Waals surface area contributed by atoms with Crippen molar-refractivity contribution < 1.29 is 4.79 Å². The SMILES string of the molecule is CC(Sc1nnc(C2CC2)n1Cc1ccccc1)C(=O)NC1CCCCCC1. The number of hydrogen-bond donors (Lipinski definition) is 1. The van der Waals surface area contributed by atoms with Crippen LogP contribution in [-0.4, -0.2) is 32.0 Å². The van der Waals surface area contributed by atoms with Crippen molar-refractivity contribution in [1.82, 2.24) is 20.1 Å². The van der Waals surface area contributed by atoms with Crippen molar-refractivity contribution in [3.05, 3.63) is 41.7 Å². The zero-order chi connectivity index (χ0) is 19.3. The van der Waals surface area contributed by atoms with Crippen LogP contribution in [0.4, 0.5) is 0 Å². The molecule has 1 aromatic heterocycles. The highest BCUT2D eigenvalue weighted by atomic mass is 32.2. The van der Waals surface area contributed by atoms with Crippen LogP contribution < -0.4 is 5.32 Å². The van der Waals surface area contributed by atoms with Crippen molar-refractivity contribution in [2.45, 2.75) is 87.2 Å². The van der Waals surface area contributed by atoms with Gasteiger partial charge in [0.25, 0.3) is 0 Å². The first-order valence-corrected chi connectivity index (χ1v) is 11.5. The number of hydrogen-bond acceptors (Lipinski definition) is 4. The molecule has 2 aliphatic carbocycles. The number of nitrogens with one attached hydrogen (secondary N) is 1. The Morgan fingerprint density at radius 1 is 1.11 bits per heavy atom. The Kier molecular flexibility index (Phi) is 6.35. The highest BCUT2D eigenvalue weighted by Crippen LogP contribution is 2.40. The number of aromatic nitrogens is 3. The third kappa shape index (κ3) is 4.96. The van der Waals surface area contributed by atoms with Crippen molar-refractivity contribution in [3.8, 4) is 0 Å². The fraction of sp³-hybridized carbons (Fsp3) is 0.591. The summed E-state index contributed by atoms with van der Waals surface area (Å²) in [6.07, 6.45) is 9.64. The number of nitrogens with zero attached hydrogens (tertiary/aromatic N) is 3. The molecule has 0 bridgehead atoms. The summed E-state index contributed by atoms with van der Waals surface area (Å²) in [5, 5.41) is 12.9. The minimum absolute atomic E-state index is 0.124. The monoisotopic (exact) mass is 398 g/mol. The highest BCUT2D eigenvalue weighted by Gasteiger charge is 2.31. The number of carbonyl (C=O) groups is 1. The fourth-order valence-electron chi connectivity index (χ4n) is 3.90. The fourth-order valence-corrected chi connectivity index (χ4v) is 4.76. The molecule has 2 aliphatic rings. The molecule has 2 fully saturated rings. The lowest BCUT2D eigenvalue weighted by Gasteiger charge is -2.19. The van der Waals surface area contributed by atoms with Crippen LogP contribution in [0.3, 0.4) is 0 Å². The van der Waals surface area contributed by atoms with Crippen LogP contribution >= 0.6 is 11.8 Å². The minimum Gasteiger partial charge on any atom is -0.352 e. The first-order chi connectivity index (χ1) is 13.7. The van der Waals surface area contributed by atoms with E-state index < -0.39 is 0 Å². The topological polar surface area (TPSA) is 59.8 Å².